The summed E-state index contributed by atoms with van der Waals surface area (Å²) < 4.78 is 40.8. The first-order valence-corrected chi connectivity index (χ1v) is 4.92. The van der Waals surface area contributed by atoms with Crippen molar-refractivity contribution in [2.45, 2.75) is 31.2 Å². The summed E-state index contributed by atoms with van der Waals surface area (Å²) in [5.41, 5.74) is 0. The Labute approximate surface area is 86.6 Å². The van der Waals surface area contributed by atoms with Gasteiger partial charge in [0.25, 0.3) is 0 Å². The number of methoxy groups -OCH3 is 1. The molecule has 2 atom stereocenters. The zero-order valence-corrected chi connectivity index (χ0v) is 8.55. The Morgan fingerprint density at radius 3 is 2.47 bits per heavy atom. The molecule has 1 fully saturated rings. The number of ether oxygens (including phenoxy) is 1. The van der Waals surface area contributed by atoms with Gasteiger partial charge in [-0.25, -0.2) is 0 Å². The van der Waals surface area contributed by atoms with Crippen LogP contribution in [-0.4, -0.2) is 43.7 Å². The second-order valence-electron chi connectivity index (χ2n) is 3.86. The standard InChI is InChI=1S/C9H16F3NO2/c1-15-5-7(6-2-3-6)13-4-8(14)9(10,11)12/h6-8,13-14H,2-5H2,1H3. The van der Waals surface area contributed by atoms with Crippen LogP contribution >= 0.6 is 0 Å². The molecule has 1 rings (SSSR count). The zero-order valence-electron chi connectivity index (χ0n) is 8.55. The molecule has 0 aliphatic heterocycles. The van der Waals surface area contributed by atoms with Gasteiger partial charge >= 0.3 is 6.18 Å². The van der Waals surface area contributed by atoms with Crippen LogP contribution in [-0.2, 0) is 4.74 Å². The molecule has 0 amide bonds. The topological polar surface area (TPSA) is 41.5 Å². The molecule has 3 nitrogen and oxygen atoms in total. The van der Waals surface area contributed by atoms with Crippen LogP contribution in [0.25, 0.3) is 0 Å². The third-order valence-electron chi connectivity index (χ3n) is 2.49. The van der Waals surface area contributed by atoms with Gasteiger partial charge < -0.3 is 15.2 Å². The number of aliphatic hydroxyl groups is 1. The van der Waals surface area contributed by atoms with Crippen LogP contribution in [0.4, 0.5) is 13.2 Å². The first-order valence-electron chi connectivity index (χ1n) is 4.92. The van der Waals surface area contributed by atoms with Gasteiger partial charge in [0.1, 0.15) is 0 Å². The fourth-order valence-corrected chi connectivity index (χ4v) is 1.42. The molecule has 2 N–H and O–H groups in total. The fraction of sp³-hybridized carbons (Fsp3) is 1.00. The van der Waals surface area contributed by atoms with Crippen molar-refractivity contribution in [1.29, 1.82) is 0 Å². The molecule has 1 aliphatic carbocycles. The van der Waals surface area contributed by atoms with Gasteiger partial charge in [-0.15, -0.1) is 0 Å². The molecule has 0 bridgehead atoms. The fourth-order valence-electron chi connectivity index (χ4n) is 1.42. The second-order valence-corrected chi connectivity index (χ2v) is 3.86. The van der Waals surface area contributed by atoms with E-state index >= 15 is 0 Å². The second kappa shape index (κ2) is 5.14. The maximum atomic E-state index is 12.0. The molecule has 1 saturated carbocycles. The van der Waals surface area contributed by atoms with Gasteiger partial charge in [0.15, 0.2) is 6.10 Å². The van der Waals surface area contributed by atoms with Crippen molar-refractivity contribution >= 4 is 0 Å². The third kappa shape index (κ3) is 4.36. The lowest BCUT2D eigenvalue weighted by molar-refractivity contribution is -0.202. The van der Waals surface area contributed by atoms with Crippen LogP contribution in [0, 0.1) is 5.92 Å². The summed E-state index contributed by atoms with van der Waals surface area (Å²) in [6.45, 7) is -0.0801. The number of alkyl halides is 3. The van der Waals surface area contributed by atoms with E-state index in [0.717, 1.165) is 12.8 Å². The summed E-state index contributed by atoms with van der Waals surface area (Å²) in [7, 11) is 1.51. The number of aliphatic hydroxyl groups excluding tert-OH is 1. The van der Waals surface area contributed by atoms with Gasteiger partial charge in [-0.05, 0) is 18.8 Å². The minimum absolute atomic E-state index is 0.0769. The van der Waals surface area contributed by atoms with Crippen LogP contribution in [0.5, 0.6) is 0 Å². The number of hydrogen-bond donors (Lipinski definition) is 2. The van der Waals surface area contributed by atoms with Crippen molar-refractivity contribution in [2.75, 3.05) is 20.3 Å². The number of rotatable bonds is 6. The Balaban J connectivity index is 2.26. The van der Waals surface area contributed by atoms with Gasteiger partial charge in [-0.2, -0.15) is 13.2 Å². The van der Waals surface area contributed by atoms with E-state index in [9.17, 15) is 13.2 Å². The molecule has 0 radical (unpaired) electrons. The van der Waals surface area contributed by atoms with E-state index in [1.807, 2.05) is 0 Å². The first kappa shape index (κ1) is 12.7. The highest BCUT2D eigenvalue weighted by Crippen LogP contribution is 2.32. The van der Waals surface area contributed by atoms with Crippen molar-refractivity contribution in [3.63, 3.8) is 0 Å². The molecule has 2 unspecified atom stereocenters. The van der Waals surface area contributed by atoms with E-state index in [1.54, 1.807) is 0 Å². The molecule has 0 spiro atoms. The average molecular weight is 227 g/mol. The van der Waals surface area contributed by atoms with Crippen LogP contribution in [0.15, 0.2) is 0 Å². The molecule has 0 heterocycles. The van der Waals surface area contributed by atoms with Crippen molar-refractivity contribution in [2.24, 2.45) is 5.92 Å². The molecule has 0 aromatic heterocycles. The highest BCUT2D eigenvalue weighted by Gasteiger charge is 2.39. The largest absolute Gasteiger partial charge is 0.415 e. The lowest BCUT2D eigenvalue weighted by Crippen LogP contribution is -2.44. The van der Waals surface area contributed by atoms with Gasteiger partial charge in [0.2, 0.25) is 0 Å². The van der Waals surface area contributed by atoms with Crippen molar-refractivity contribution < 1.29 is 23.0 Å². The van der Waals surface area contributed by atoms with Crippen LogP contribution < -0.4 is 5.32 Å². The molecule has 15 heavy (non-hydrogen) atoms. The Morgan fingerprint density at radius 2 is 2.07 bits per heavy atom. The lowest BCUT2D eigenvalue weighted by Gasteiger charge is -2.21. The summed E-state index contributed by atoms with van der Waals surface area (Å²) in [6, 6.07) is -0.0769. The Morgan fingerprint density at radius 1 is 1.47 bits per heavy atom. The Hall–Kier alpha value is -0.330. The molecule has 0 aromatic carbocycles. The van der Waals surface area contributed by atoms with Crippen molar-refractivity contribution in [3.8, 4) is 0 Å². The van der Waals surface area contributed by atoms with Gasteiger partial charge in [0, 0.05) is 19.7 Å². The monoisotopic (exact) mass is 227 g/mol. The van der Waals surface area contributed by atoms with Crippen LogP contribution in [0.1, 0.15) is 12.8 Å². The Kier molecular flexibility index (Phi) is 4.36. The van der Waals surface area contributed by atoms with Crippen molar-refractivity contribution in [1.82, 2.24) is 5.32 Å². The van der Waals surface area contributed by atoms with E-state index in [0.29, 0.717) is 12.5 Å². The van der Waals surface area contributed by atoms with E-state index in [-0.39, 0.29) is 6.04 Å². The van der Waals surface area contributed by atoms with Gasteiger partial charge in [-0.3, -0.25) is 0 Å². The maximum Gasteiger partial charge on any atom is 0.415 e. The van der Waals surface area contributed by atoms with Crippen LogP contribution in [0.3, 0.4) is 0 Å². The summed E-state index contributed by atoms with van der Waals surface area (Å²) in [6.07, 6.45) is -4.81. The minimum atomic E-state index is -4.55. The highest BCUT2D eigenvalue weighted by atomic mass is 19.4. The predicted molar refractivity (Wildman–Crippen MR) is 48.5 cm³/mol. The minimum Gasteiger partial charge on any atom is -0.383 e. The van der Waals surface area contributed by atoms with Gasteiger partial charge in [-0.1, -0.05) is 0 Å². The van der Waals surface area contributed by atoms with E-state index in [2.05, 4.69) is 5.32 Å². The summed E-state index contributed by atoms with van der Waals surface area (Å²) >= 11 is 0. The highest BCUT2D eigenvalue weighted by molar-refractivity contribution is 4.87. The molecule has 1 aliphatic rings. The number of hydrogen-bond acceptors (Lipinski definition) is 3. The average Bonchev–Trinajstić information content (AvgIpc) is 2.93. The third-order valence-corrected chi connectivity index (χ3v) is 2.49. The lowest BCUT2D eigenvalue weighted by atomic mass is 10.2. The summed E-state index contributed by atoms with van der Waals surface area (Å²) in [5, 5.41) is 11.5. The Bertz CT molecular complexity index is 194. The smallest absolute Gasteiger partial charge is 0.383 e. The van der Waals surface area contributed by atoms with Crippen LogP contribution in [0.2, 0.25) is 0 Å². The van der Waals surface area contributed by atoms with Gasteiger partial charge in [0.05, 0.1) is 6.61 Å². The number of nitrogens with one attached hydrogen (secondary N) is 1. The number of halogens is 3. The van der Waals surface area contributed by atoms with E-state index < -0.39 is 18.8 Å². The summed E-state index contributed by atoms with van der Waals surface area (Å²) in [5.74, 6) is 0.394. The summed E-state index contributed by atoms with van der Waals surface area (Å²) in [4.78, 5) is 0. The SMILES string of the molecule is COCC(NCC(O)C(F)(F)F)C1CC1. The predicted octanol–water partition coefficient (Wildman–Crippen LogP) is 0.924. The first-order chi connectivity index (χ1) is 6.95. The molecule has 0 saturated heterocycles. The molecule has 6 heteroatoms. The maximum absolute atomic E-state index is 12.0. The molecule has 90 valence electrons. The molecule has 0 aromatic rings. The normalized spacial score (nSPS) is 21.4. The van der Waals surface area contributed by atoms with Crippen molar-refractivity contribution in [3.05, 3.63) is 0 Å². The zero-order chi connectivity index (χ0) is 11.5. The molecular weight excluding hydrogens is 211 g/mol. The molecular formula is C9H16F3NO2. The van der Waals surface area contributed by atoms with E-state index in [1.165, 1.54) is 7.11 Å². The quantitative estimate of drug-likeness (QED) is 0.709. The van der Waals surface area contributed by atoms with E-state index in [4.69, 9.17) is 9.84 Å².